The molecule has 0 aromatic carbocycles. The topological polar surface area (TPSA) is 21.7 Å². The third-order valence-corrected chi connectivity index (χ3v) is 9.33. The highest BCUT2D eigenvalue weighted by Crippen LogP contribution is 2.16. The predicted octanol–water partition coefficient (Wildman–Crippen LogP) is 1.50. The van der Waals surface area contributed by atoms with Gasteiger partial charge in [0.15, 0.2) is 0 Å². The summed E-state index contributed by atoms with van der Waals surface area (Å²) in [7, 11) is -1.97. The molecule has 0 saturated heterocycles. The molecule has 0 amide bonds. The van der Waals surface area contributed by atoms with Crippen LogP contribution in [0.15, 0.2) is 0 Å². The monoisotopic (exact) mass is 221 g/mol. The SMILES string of the molecule is CCON([SiH2]C)[Si](C)(CC)OCC. The van der Waals surface area contributed by atoms with Gasteiger partial charge in [-0.05, 0) is 26.4 Å². The Hall–Kier alpha value is 0.314. The quantitative estimate of drug-likeness (QED) is 0.480. The lowest BCUT2D eigenvalue weighted by Gasteiger charge is -2.36. The molecule has 5 heteroatoms. The van der Waals surface area contributed by atoms with Gasteiger partial charge >= 0.3 is 0 Å². The first-order valence-corrected chi connectivity index (χ1v) is 9.80. The Kier molecular flexibility index (Phi) is 6.88. The summed E-state index contributed by atoms with van der Waals surface area (Å²) in [6.07, 6.45) is 0. The van der Waals surface area contributed by atoms with Gasteiger partial charge in [-0.3, -0.25) is 0 Å². The van der Waals surface area contributed by atoms with E-state index < -0.39 is 8.48 Å². The Morgan fingerprint density at radius 2 is 1.85 bits per heavy atom. The molecule has 3 nitrogen and oxygen atoms in total. The molecule has 1 unspecified atom stereocenters. The van der Waals surface area contributed by atoms with Gasteiger partial charge in [-0.15, -0.1) is 0 Å². The molecule has 0 aliphatic rings. The van der Waals surface area contributed by atoms with E-state index >= 15 is 0 Å². The third kappa shape index (κ3) is 3.91. The number of hydrogen-bond donors (Lipinski definition) is 0. The van der Waals surface area contributed by atoms with Crippen LogP contribution in [0.2, 0.25) is 19.1 Å². The second-order valence-electron chi connectivity index (χ2n) is 3.07. The van der Waals surface area contributed by atoms with Crippen molar-refractivity contribution in [3.8, 4) is 0 Å². The largest absolute Gasteiger partial charge is 0.402 e. The Labute approximate surface area is 85.5 Å². The minimum atomic E-state index is -1.70. The average molecular weight is 221 g/mol. The molecule has 0 rings (SSSR count). The van der Waals surface area contributed by atoms with Gasteiger partial charge in [0.05, 0.1) is 6.61 Å². The molecule has 0 N–H and O–H groups in total. The Bertz CT molecular complexity index is 137. The summed E-state index contributed by atoms with van der Waals surface area (Å²) in [6.45, 7) is 12.3. The molecule has 0 aromatic heterocycles. The van der Waals surface area contributed by atoms with Gasteiger partial charge in [0, 0.05) is 6.61 Å². The van der Waals surface area contributed by atoms with Gasteiger partial charge < -0.3 is 9.26 Å². The highest BCUT2D eigenvalue weighted by Gasteiger charge is 2.34. The Balaban J connectivity index is 4.29. The highest BCUT2D eigenvalue weighted by atomic mass is 28.4. The van der Waals surface area contributed by atoms with Crippen molar-refractivity contribution < 1.29 is 9.26 Å². The predicted molar refractivity (Wildman–Crippen MR) is 61.6 cm³/mol. The zero-order chi connectivity index (χ0) is 10.3. The van der Waals surface area contributed by atoms with E-state index in [9.17, 15) is 0 Å². The number of hydrogen-bond acceptors (Lipinski definition) is 3. The molecule has 0 aliphatic carbocycles. The van der Waals surface area contributed by atoms with Crippen LogP contribution in [0.25, 0.3) is 0 Å². The smallest absolute Gasteiger partial charge is 0.283 e. The van der Waals surface area contributed by atoms with Crippen LogP contribution >= 0.6 is 0 Å². The van der Waals surface area contributed by atoms with Crippen molar-refractivity contribution in [2.45, 2.75) is 39.9 Å². The Morgan fingerprint density at radius 1 is 1.23 bits per heavy atom. The van der Waals surface area contributed by atoms with E-state index in [0.29, 0.717) is 0 Å². The van der Waals surface area contributed by atoms with Crippen molar-refractivity contribution in [1.29, 1.82) is 0 Å². The average Bonchev–Trinajstić information content (AvgIpc) is 2.14. The lowest BCUT2D eigenvalue weighted by molar-refractivity contribution is -0.0382. The first-order valence-electron chi connectivity index (χ1n) is 5.19. The zero-order valence-electron chi connectivity index (χ0n) is 9.59. The maximum atomic E-state index is 5.86. The molecule has 0 saturated carbocycles. The van der Waals surface area contributed by atoms with E-state index in [1.165, 1.54) is 0 Å². The molecule has 0 radical (unpaired) electrons. The van der Waals surface area contributed by atoms with Crippen molar-refractivity contribution in [3.63, 3.8) is 0 Å². The van der Waals surface area contributed by atoms with E-state index in [1.54, 1.807) is 0 Å². The fraction of sp³-hybridized carbons (Fsp3) is 1.00. The summed E-state index contributed by atoms with van der Waals surface area (Å²) in [5.74, 6) is 0. The normalized spacial score (nSPS) is 17.1. The van der Waals surface area contributed by atoms with E-state index in [-0.39, 0.29) is 9.68 Å². The second kappa shape index (κ2) is 6.72. The fourth-order valence-corrected chi connectivity index (χ4v) is 7.09. The first-order chi connectivity index (χ1) is 6.14. The summed E-state index contributed by atoms with van der Waals surface area (Å²) in [4.78, 5) is 5.63. The summed E-state index contributed by atoms with van der Waals surface area (Å²) in [5, 5.41) is 0. The van der Waals surface area contributed by atoms with Gasteiger partial charge in [0.25, 0.3) is 8.48 Å². The summed E-state index contributed by atoms with van der Waals surface area (Å²) in [6, 6.07) is 1.10. The van der Waals surface area contributed by atoms with Crippen LogP contribution in [-0.4, -0.2) is 35.8 Å². The zero-order valence-corrected chi connectivity index (χ0v) is 12.0. The van der Waals surface area contributed by atoms with Crippen molar-refractivity contribution in [2.75, 3.05) is 13.2 Å². The van der Waals surface area contributed by atoms with Gasteiger partial charge in [0.1, 0.15) is 9.68 Å². The van der Waals surface area contributed by atoms with E-state index in [2.05, 4.69) is 31.3 Å². The number of nitrogens with zero attached hydrogens (tertiary/aromatic N) is 1. The van der Waals surface area contributed by atoms with Crippen molar-refractivity contribution in [1.82, 2.24) is 4.39 Å². The lowest BCUT2D eigenvalue weighted by Crippen LogP contribution is -2.54. The molecular weight excluding hydrogens is 198 g/mol. The van der Waals surface area contributed by atoms with E-state index in [4.69, 9.17) is 9.26 Å². The fourth-order valence-electron chi connectivity index (χ4n) is 1.38. The molecule has 0 heterocycles. The van der Waals surface area contributed by atoms with Gasteiger partial charge in [-0.25, -0.2) is 4.39 Å². The van der Waals surface area contributed by atoms with Crippen LogP contribution in [0, 0.1) is 0 Å². The van der Waals surface area contributed by atoms with Crippen LogP contribution < -0.4 is 0 Å². The molecule has 0 bridgehead atoms. The summed E-state index contributed by atoms with van der Waals surface area (Å²) in [5.41, 5.74) is 0. The van der Waals surface area contributed by atoms with E-state index in [0.717, 1.165) is 19.3 Å². The van der Waals surface area contributed by atoms with Crippen LogP contribution in [0.5, 0.6) is 0 Å². The van der Waals surface area contributed by atoms with Crippen LogP contribution in [0.4, 0.5) is 0 Å². The summed E-state index contributed by atoms with van der Waals surface area (Å²) >= 11 is 0. The van der Waals surface area contributed by atoms with Gasteiger partial charge in [0.2, 0.25) is 0 Å². The lowest BCUT2D eigenvalue weighted by atomic mass is 10.9. The maximum Gasteiger partial charge on any atom is 0.283 e. The number of rotatable bonds is 7. The first kappa shape index (κ1) is 13.3. The van der Waals surface area contributed by atoms with Gasteiger partial charge in [-0.2, -0.15) is 0 Å². The highest BCUT2D eigenvalue weighted by molar-refractivity contribution is 6.75. The third-order valence-electron chi connectivity index (χ3n) is 2.21. The molecule has 0 spiro atoms. The maximum absolute atomic E-state index is 5.86. The van der Waals surface area contributed by atoms with Crippen molar-refractivity contribution in [2.24, 2.45) is 0 Å². The second-order valence-corrected chi connectivity index (χ2v) is 8.76. The molecule has 0 aromatic rings. The minimum Gasteiger partial charge on any atom is -0.402 e. The van der Waals surface area contributed by atoms with Crippen LogP contribution in [0.3, 0.4) is 0 Å². The Morgan fingerprint density at radius 3 is 2.15 bits per heavy atom. The molecule has 1 atom stereocenters. The van der Waals surface area contributed by atoms with Crippen molar-refractivity contribution >= 4 is 18.2 Å². The molecular formula is C8H23NO2Si2. The molecule has 0 aliphatic heterocycles. The van der Waals surface area contributed by atoms with Crippen molar-refractivity contribution in [3.05, 3.63) is 0 Å². The van der Waals surface area contributed by atoms with Crippen LogP contribution in [-0.2, 0) is 9.26 Å². The minimum absolute atomic E-state index is 0.271. The van der Waals surface area contributed by atoms with E-state index in [1.807, 2.05) is 6.92 Å². The molecule has 0 fully saturated rings. The molecule has 80 valence electrons. The molecule has 13 heavy (non-hydrogen) atoms. The van der Waals surface area contributed by atoms with Gasteiger partial charge in [-0.1, -0.05) is 13.5 Å². The standard InChI is InChI=1S/C8H23NO2Si2/c1-6-10-9(12-4)13(5,8-3)11-7-2/h6-8,12H2,1-5H3. The summed E-state index contributed by atoms with van der Waals surface area (Å²) < 4.78 is 8.05. The van der Waals surface area contributed by atoms with Crippen LogP contribution in [0.1, 0.15) is 20.8 Å².